The quantitative estimate of drug-likeness (QED) is 0.264. The molecule has 0 spiro atoms. The fraction of sp³-hybridized carbons (Fsp3) is 0.483. The number of rotatable bonds is 14. The Morgan fingerprint density at radius 2 is 1.49 bits per heavy atom. The molecule has 0 bridgehead atoms. The van der Waals surface area contributed by atoms with Crippen LogP contribution in [0.3, 0.4) is 0 Å². The van der Waals surface area contributed by atoms with E-state index in [1.54, 1.807) is 13.8 Å². The van der Waals surface area contributed by atoms with Crippen LogP contribution in [0.1, 0.15) is 51.7 Å². The van der Waals surface area contributed by atoms with Crippen molar-refractivity contribution in [3.05, 3.63) is 71.8 Å². The van der Waals surface area contributed by atoms with E-state index < -0.39 is 47.4 Å². The molecular formula is C29H41N3O5. The van der Waals surface area contributed by atoms with Crippen LogP contribution in [-0.4, -0.2) is 51.7 Å². The topological polar surface area (TPSA) is 142 Å². The van der Waals surface area contributed by atoms with Gasteiger partial charge >= 0.3 is 5.97 Å². The van der Waals surface area contributed by atoms with Gasteiger partial charge in [0.25, 0.3) is 0 Å². The van der Waals surface area contributed by atoms with Crippen molar-refractivity contribution in [3.8, 4) is 0 Å². The molecule has 0 saturated heterocycles. The average Bonchev–Trinajstić information content (AvgIpc) is 2.87. The Labute approximate surface area is 219 Å². The summed E-state index contributed by atoms with van der Waals surface area (Å²) in [5.41, 5.74) is 6.28. The second kappa shape index (κ2) is 13.9. The molecule has 0 aliphatic heterocycles. The number of aliphatic hydroxyl groups is 1. The monoisotopic (exact) mass is 511 g/mol. The predicted octanol–water partition coefficient (Wildman–Crippen LogP) is 2.68. The molecule has 202 valence electrons. The van der Waals surface area contributed by atoms with Crippen molar-refractivity contribution in [1.29, 1.82) is 0 Å². The van der Waals surface area contributed by atoms with Crippen molar-refractivity contribution >= 4 is 17.8 Å². The number of nitrogens with two attached hydrogens (primary N) is 1. The van der Waals surface area contributed by atoms with E-state index in [0.717, 1.165) is 11.1 Å². The summed E-state index contributed by atoms with van der Waals surface area (Å²) >= 11 is 0. The summed E-state index contributed by atoms with van der Waals surface area (Å²) in [7, 11) is 0. The standard InChI is InChI=1S/C29H41N3O5/c1-5-20(4)26(31-25(34)17-24(33)23(30)16-21-12-8-6-9-13-21)27(35)32-29(19(2)3,28(36)37)18-22-14-10-7-11-15-22/h6-15,19-20,23-24,26,33H,5,16-18,30H2,1-4H3,(H,31,34)(H,32,35)(H,36,37)/t20-,23-,24-,26-,29?/m0/s1. The molecule has 1 unspecified atom stereocenters. The number of carboxylic acids is 1. The first kappa shape index (κ1) is 30.0. The number of hydrogen-bond acceptors (Lipinski definition) is 5. The average molecular weight is 512 g/mol. The predicted molar refractivity (Wildman–Crippen MR) is 144 cm³/mol. The highest BCUT2D eigenvalue weighted by atomic mass is 16.4. The van der Waals surface area contributed by atoms with Crippen LogP contribution < -0.4 is 16.4 Å². The minimum Gasteiger partial charge on any atom is -0.479 e. The lowest BCUT2D eigenvalue weighted by atomic mass is 9.80. The first-order valence-corrected chi connectivity index (χ1v) is 12.9. The van der Waals surface area contributed by atoms with Gasteiger partial charge in [-0.15, -0.1) is 0 Å². The molecule has 2 aromatic carbocycles. The number of carbonyl (C=O) groups excluding carboxylic acids is 2. The Morgan fingerprint density at radius 1 is 0.946 bits per heavy atom. The zero-order valence-electron chi connectivity index (χ0n) is 22.2. The van der Waals surface area contributed by atoms with Gasteiger partial charge < -0.3 is 26.6 Å². The Balaban J connectivity index is 2.15. The molecule has 2 amide bonds. The van der Waals surface area contributed by atoms with Gasteiger partial charge in [0.05, 0.1) is 12.5 Å². The number of aliphatic carboxylic acids is 1. The van der Waals surface area contributed by atoms with Gasteiger partial charge in [0.1, 0.15) is 11.6 Å². The molecule has 5 atom stereocenters. The molecule has 2 rings (SSSR count). The van der Waals surface area contributed by atoms with Crippen molar-refractivity contribution in [2.75, 3.05) is 0 Å². The van der Waals surface area contributed by atoms with E-state index in [1.165, 1.54) is 0 Å². The molecule has 8 nitrogen and oxygen atoms in total. The van der Waals surface area contributed by atoms with Crippen molar-refractivity contribution in [2.45, 2.75) is 77.1 Å². The Morgan fingerprint density at radius 3 is 1.97 bits per heavy atom. The molecule has 0 radical (unpaired) electrons. The molecule has 0 saturated carbocycles. The number of carbonyl (C=O) groups is 3. The summed E-state index contributed by atoms with van der Waals surface area (Å²) in [6.45, 7) is 7.20. The summed E-state index contributed by atoms with van der Waals surface area (Å²) in [6, 6.07) is 16.9. The Kier molecular flexibility index (Phi) is 11.3. The van der Waals surface area contributed by atoms with Gasteiger partial charge in [-0.05, 0) is 29.4 Å². The highest BCUT2D eigenvalue weighted by molar-refractivity contribution is 5.92. The van der Waals surface area contributed by atoms with Crippen LogP contribution in [0.15, 0.2) is 60.7 Å². The number of carboxylic acid groups (broad SMARTS) is 1. The minimum atomic E-state index is -1.56. The Bertz CT molecular complexity index is 1010. The fourth-order valence-electron chi connectivity index (χ4n) is 4.28. The van der Waals surface area contributed by atoms with E-state index in [4.69, 9.17) is 5.73 Å². The minimum absolute atomic E-state index is 0.0980. The Hall–Kier alpha value is -3.23. The fourth-order valence-corrected chi connectivity index (χ4v) is 4.28. The first-order chi connectivity index (χ1) is 17.5. The normalized spacial score (nSPS) is 16.2. The van der Waals surface area contributed by atoms with E-state index in [-0.39, 0.29) is 18.8 Å². The van der Waals surface area contributed by atoms with E-state index >= 15 is 0 Å². The number of amides is 2. The number of aliphatic hydroxyl groups excluding tert-OH is 1. The van der Waals surface area contributed by atoms with Gasteiger partial charge in [-0.2, -0.15) is 0 Å². The number of hydrogen-bond donors (Lipinski definition) is 5. The van der Waals surface area contributed by atoms with E-state index in [1.807, 2.05) is 74.5 Å². The van der Waals surface area contributed by atoms with E-state index in [9.17, 15) is 24.6 Å². The van der Waals surface area contributed by atoms with E-state index in [0.29, 0.717) is 12.8 Å². The zero-order chi connectivity index (χ0) is 27.6. The van der Waals surface area contributed by atoms with Crippen molar-refractivity contribution in [2.24, 2.45) is 17.6 Å². The summed E-state index contributed by atoms with van der Waals surface area (Å²) in [4.78, 5) is 38.8. The van der Waals surface area contributed by atoms with Crippen LogP contribution in [0.2, 0.25) is 0 Å². The van der Waals surface area contributed by atoms with Crippen LogP contribution >= 0.6 is 0 Å². The maximum absolute atomic E-state index is 13.5. The van der Waals surface area contributed by atoms with Gasteiger partial charge in [0.15, 0.2) is 0 Å². The maximum Gasteiger partial charge on any atom is 0.330 e. The molecular weight excluding hydrogens is 470 g/mol. The summed E-state index contributed by atoms with van der Waals surface area (Å²) < 4.78 is 0. The third-order valence-electron chi connectivity index (χ3n) is 7.05. The van der Waals surface area contributed by atoms with Crippen molar-refractivity contribution in [1.82, 2.24) is 10.6 Å². The van der Waals surface area contributed by atoms with Crippen LogP contribution in [-0.2, 0) is 27.2 Å². The summed E-state index contributed by atoms with van der Waals surface area (Å²) in [5.74, 6) is -2.94. The van der Waals surface area contributed by atoms with Crippen LogP contribution in [0.5, 0.6) is 0 Å². The van der Waals surface area contributed by atoms with Crippen molar-refractivity contribution < 1.29 is 24.6 Å². The lowest BCUT2D eigenvalue weighted by Crippen LogP contribution is -2.64. The lowest BCUT2D eigenvalue weighted by Gasteiger charge is -2.37. The molecule has 8 heteroatoms. The smallest absolute Gasteiger partial charge is 0.330 e. The van der Waals surface area contributed by atoms with Crippen molar-refractivity contribution in [3.63, 3.8) is 0 Å². The van der Waals surface area contributed by atoms with Gasteiger partial charge in [-0.1, -0.05) is 94.8 Å². The first-order valence-electron chi connectivity index (χ1n) is 12.9. The molecule has 0 heterocycles. The molecule has 0 aromatic heterocycles. The van der Waals surface area contributed by atoms with Crippen LogP contribution in [0.4, 0.5) is 0 Å². The largest absolute Gasteiger partial charge is 0.479 e. The summed E-state index contributed by atoms with van der Waals surface area (Å²) in [5, 5.41) is 26.2. The molecule has 0 fully saturated rings. The second-order valence-corrected chi connectivity index (χ2v) is 10.1. The maximum atomic E-state index is 13.5. The van der Waals surface area contributed by atoms with Crippen LogP contribution in [0, 0.1) is 11.8 Å². The zero-order valence-corrected chi connectivity index (χ0v) is 22.2. The lowest BCUT2D eigenvalue weighted by molar-refractivity contribution is -0.150. The third kappa shape index (κ3) is 8.40. The second-order valence-electron chi connectivity index (χ2n) is 10.1. The highest BCUT2D eigenvalue weighted by Crippen LogP contribution is 2.24. The van der Waals surface area contributed by atoms with Gasteiger partial charge in [-0.25, -0.2) is 4.79 Å². The molecule has 0 aliphatic rings. The molecule has 6 N–H and O–H groups in total. The molecule has 37 heavy (non-hydrogen) atoms. The third-order valence-corrected chi connectivity index (χ3v) is 7.05. The number of nitrogens with one attached hydrogen (secondary N) is 2. The molecule has 0 aliphatic carbocycles. The summed E-state index contributed by atoms with van der Waals surface area (Å²) in [6.07, 6.45) is -0.297. The SMILES string of the molecule is CC[C@H](C)[C@H](NC(=O)C[C@H](O)[C@@H](N)Cc1ccccc1)C(=O)NC(Cc1ccccc1)(C(=O)O)C(C)C. The van der Waals surface area contributed by atoms with Gasteiger partial charge in [0, 0.05) is 12.5 Å². The van der Waals surface area contributed by atoms with Crippen LogP contribution in [0.25, 0.3) is 0 Å². The highest BCUT2D eigenvalue weighted by Gasteiger charge is 2.45. The van der Waals surface area contributed by atoms with E-state index in [2.05, 4.69) is 10.6 Å². The number of benzene rings is 2. The van der Waals surface area contributed by atoms with Gasteiger partial charge in [-0.3, -0.25) is 9.59 Å². The molecule has 2 aromatic rings. The van der Waals surface area contributed by atoms with Gasteiger partial charge in [0.2, 0.25) is 11.8 Å².